The first kappa shape index (κ1) is 16.8. The van der Waals surface area contributed by atoms with Gasteiger partial charge < -0.3 is 0 Å². The molecule has 0 radical (unpaired) electrons. The number of hydrogen-bond donors (Lipinski definition) is 1. The fourth-order valence-electron chi connectivity index (χ4n) is 2.01. The summed E-state index contributed by atoms with van der Waals surface area (Å²) in [5.74, 6) is -0.0872. The predicted octanol–water partition coefficient (Wildman–Crippen LogP) is 2.19. The van der Waals surface area contributed by atoms with Crippen molar-refractivity contribution in [3.05, 3.63) is 59.9 Å². The van der Waals surface area contributed by atoms with Crippen molar-refractivity contribution in [3.63, 3.8) is 0 Å². The van der Waals surface area contributed by atoms with Gasteiger partial charge >= 0.3 is 0 Å². The number of aromatic nitrogens is 2. The third kappa shape index (κ3) is 4.46. The van der Waals surface area contributed by atoms with Crippen molar-refractivity contribution < 1.29 is 13.2 Å². The molecule has 23 heavy (non-hydrogen) atoms. The van der Waals surface area contributed by atoms with E-state index in [1.807, 2.05) is 0 Å². The lowest BCUT2D eigenvalue weighted by Crippen LogP contribution is -2.15. The lowest BCUT2D eigenvalue weighted by atomic mass is 10.1. The molecule has 2 rings (SSSR count). The first-order chi connectivity index (χ1) is 10.8. The minimum atomic E-state index is -3.78. The normalized spacial score (nSPS) is 11.0. The van der Waals surface area contributed by atoms with Crippen molar-refractivity contribution in [1.82, 2.24) is 9.97 Å². The van der Waals surface area contributed by atoms with E-state index in [4.69, 9.17) is 0 Å². The number of benzene rings is 1. The van der Waals surface area contributed by atoms with Crippen LogP contribution < -0.4 is 4.72 Å². The molecule has 0 fully saturated rings. The van der Waals surface area contributed by atoms with Crippen LogP contribution in [0.1, 0.15) is 17.0 Å². The van der Waals surface area contributed by atoms with Crippen LogP contribution in [0.15, 0.2) is 47.9 Å². The summed E-state index contributed by atoms with van der Waals surface area (Å²) in [4.78, 5) is 19.5. The standard InChI is InChI=1S/C16H17N3O3S/c1-4-14(20)10-13-5-7-15(8-6-13)23(21,22)19-16-17-11(2)9-12(3)18-16/h4-9H,1,10H2,2-3H3,(H,17,18,19). The Kier molecular flexibility index (Phi) is 4.90. The Morgan fingerprint density at radius 2 is 1.74 bits per heavy atom. The largest absolute Gasteiger partial charge is 0.295 e. The van der Waals surface area contributed by atoms with Crippen LogP contribution in [-0.2, 0) is 21.2 Å². The summed E-state index contributed by atoms with van der Waals surface area (Å²) >= 11 is 0. The zero-order valence-electron chi connectivity index (χ0n) is 12.9. The molecule has 0 aliphatic carbocycles. The van der Waals surface area contributed by atoms with Gasteiger partial charge in [-0.2, -0.15) is 0 Å². The molecule has 0 aliphatic rings. The highest BCUT2D eigenvalue weighted by molar-refractivity contribution is 7.92. The second-order valence-corrected chi connectivity index (χ2v) is 6.75. The molecule has 0 saturated heterocycles. The second kappa shape index (κ2) is 6.70. The number of carbonyl (C=O) groups excluding carboxylic acids is 1. The quantitative estimate of drug-likeness (QED) is 0.820. The van der Waals surface area contributed by atoms with Crippen LogP contribution in [-0.4, -0.2) is 24.2 Å². The maximum atomic E-state index is 12.3. The molecule has 1 aromatic heterocycles. The molecular weight excluding hydrogens is 314 g/mol. The highest BCUT2D eigenvalue weighted by atomic mass is 32.2. The van der Waals surface area contributed by atoms with Crippen molar-refractivity contribution in [3.8, 4) is 0 Å². The lowest BCUT2D eigenvalue weighted by molar-refractivity contribution is -0.114. The van der Waals surface area contributed by atoms with Crippen molar-refractivity contribution in [2.24, 2.45) is 0 Å². The molecule has 0 amide bonds. The Labute approximate surface area is 135 Å². The Morgan fingerprint density at radius 3 is 2.26 bits per heavy atom. The minimum absolute atomic E-state index is 0.0356. The van der Waals surface area contributed by atoms with E-state index in [0.717, 1.165) is 5.56 Å². The molecule has 0 aliphatic heterocycles. The van der Waals surface area contributed by atoms with E-state index in [9.17, 15) is 13.2 Å². The van der Waals surface area contributed by atoms with Gasteiger partial charge in [0.1, 0.15) is 0 Å². The van der Waals surface area contributed by atoms with E-state index >= 15 is 0 Å². The van der Waals surface area contributed by atoms with Crippen LogP contribution in [0.25, 0.3) is 0 Å². The number of hydrogen-bond acceptors (Lipinski definition) is 5. The summed E-state index contributed by atoms with van der Waals surface area (Å²) in [6.07, 6.45) is 1.43. The Balaban J connectivity index is 2.22. The van der Waals surface area contributed by atoms with E-state index in [1.54, 1.807) is 32.0 Å². The van der Waals surface area contributed by atoms with Gasteiger partial charge in [-0.25, -0.2) is 23.1 Å². The van der Waals surface area contributed by atoms with Crippen molar-refractivity contribution in [2.75, 3.05) is 4.72 Å². The van der Waals surface area contributed by atoms with Gasteiger partial charge in [-0.15, -0.1) is 0 Å². The highest BCUT2D eigenvalue weighted by Crippen LogP contribution is 2.15. The highest BCUT2D eigenvalue weighted by Gasteiger charge is 2.16. The van der Waals surface area contributed by atoms with Gasteiger partial charge in [-0.1, -0.05) is 18.7 Å². The molecule has 1 N–H and O–H groups in total. The van der Waals surface area contributed by atoms with Crippen LogP contribution in [0.5, 0.6) is 0 Å². The zero-order chi connectivity index (χ0) is 17.0. The van der Waals surface area contributed by atoms with Gasteiger partial charge in [-0.05, 0) is 43.7 Å². The van der Waals surface area contributed by atoms with E-state index < -0.39 is 10.0 Å². The summed E-state index contributed by atoms with van der Waals surface area (Å²) in [6, 6.07) is 7.83. The third-order valence-corrected chi connectivity index (χ3v) is 4.39. The summed E-state index contributed by atoms with van der Waals surface area (Å²) < 4.78 is 27.0. The number of rotatable bonds is 6. The smallest absolute Gasteiger partial charge is 0.264 e. The Bertz CT molecular complexity index is 823. The molecule has 7 heteroatoms. The maximum absolute atomic E-state index is 12.3. The number of aryl methyl sites for hydroxylation is 2. The number of allylic oxidation sites excluding steroid dienone is 1. The SMILES string of the molecule is C=CC(=O)Cc1ccc(S(=O)(=O)Nc2nc(C)cc(C)n2)cc1. The molecule has 0 atom stereocenters. The van der Waals surface area contributed by atoms with Gasteiger partial charge in [0.2, 0.25) is 5.95 Å². The molecule has 1 heterocycles. The molecule has 0 spiro atoms. The van der Waals surface area contributed by atoms with Crippen molar-refractivity contribution >= 4 is 21.8 Å². The predicted molar refractivity (Wildman–Crippen MR) is 87.7 cm³/mol. The minimum Gasteiger partial charge on any atom is -0.295 e. The molecule has 0 bridgehead atoms. The van der Waals surface area contributed by atoms with Crippen LogP contribution in [0.4, 0.5) is 5.95 Å². The molecule has 0 saturated carbocycles. The summed E-state index contributed by atoms with van der Waals surface area (Å²) in [5.41, 5.74) is 2.07. The number of sulfonamides is 1. The van der Waals surface area contributed by atoms with E-state index in [-0.39, 0.29) is 23.0 Å². The summed E-state index contributed by atoms with van der Waals surface area (Å²) in [6.45, 7) is 6.93. The second-order valence-electron chi connectivity index (χ2n) is 5.07. The van der Waals surface area contributed by atoms with E-state index in [0.29, 0.717) is 11.4 Å². The average molecular weight is 331 g/mol. The van der Waals surface area contributed by atoms with Gasteiger partial charge in [0, 0.05) is 17.8 Å². The third-order valence-electron chi connectivity index (χ3n) is 3.05. The monoisotopic (exact) mass is 331 g/mol. The lowest BCUT2D eigenvalue weighted by Gasteiger charge is -2.08. The summed E-state index contributed by atoms with van der Waals surface area (Å²) in [5, 5.41) is 0. The number of nitrogens with zero attached hydrogens (tertiary/aromatic N) is 2. The summed E-state index contributed by atoms with van der Waals surface area (Å²) in [7, 11) is -3.78. The number of ketones is 1. The van der Waals surface area contributed by atoms with Crippen LogP contribution in [0, 0.1) is 13.8 Å². The van der Waals surface area contributed by atoms with Gasteiger partial charge in [-0.3, -0.25) is 4.79 Å². The topological polar surface area (TPSA) is 89.0 Å². The van der Waals surface area contributed by atoms with E-state index in [2.05, 4.69) is 21.3 Å². The van der Waals surface area contributed by atoms with Crippen molar-refractivity contribution in [2.45, 2.75) is 25.2 Å². The van der Waals surface area contributed by atoms with Crippen LogP contribution >= 0.6 is 0 Å². The van der Waals surface area contributed by atoms with Gasteiger partial charge in [0.05, 0.1) is 4.90 Å². The number of nitrogens with one attached hydrogen (secondary N) is 1. The maximum Gasteiger partial charge on any atom is 0.264 e. The van der Waals surface area contributed by atoms with Crippen LogP contribution in [0.2, 0.25) is 0 Å². The van der Waals surface area contributed by atoms with Gasteiger partial charge in [0.25, 0.3) is 10.0 Å². The fraction of sp³-hybridized carbons (Fsp3) is 0.188. The van der Waals surface area contributed by atoms with Crippen molar-refractivity contribution in [1.29, 1.82) is 0 Å². The Morgan fingerprint density at radius 1 is 1.17 bits per heavy atom. The van der Waals surface area contributed by atoms with Crippen LogP contribution in [0.3, 0.4) is 0 Å². The molecule has 6 nitrogen and oxygen atoms in total. The van der Waals surface area contributed by atoms with E-state index in [1.165, 1.54) is 18.2 Å². The van der Waals surface area contributed by atoms with Gasteiger partial charge in [0.15, 0.2) is 5.78 Å². The molecule has 2 aromatic rings. The first-order valence-electron chi connectivity index (χ1n) is 6.89. The average Bonchev–Trinajstić information content (AvgIpc) is 2.46. The Hall–Kier alpha value is -2.54. The zero-order valence-corrected chi connectivity index (χ0v) is 13.7. The fourth-order valence-corrected chi connectivity index (χ4v) is 2.95. The molecular formula is C16H17N3O3S. The number of anilines is 1. The number of carbonyl (C=O) groups is 1. The molecule has 1 aromatic carbocycles. The first-order valence-corrected chi connectivity index (χ1v) is 8.38. The molecule has 120 valence electrons. The molecule has 0 unspecified atom stereocenters.